The van der Waals surface area contributed by atoms with E-state index in [2.05, 4.69) is 29.8 Å². The third-order valence-electron chi connectivity index (χ3n) is 8.13. The van der Waals surface area contributed by atoms with Crippen LogP contribution in [0.15, 0.2) is 18.6 Å². The van der Waals surface area contributed by atoms with Gasteiger partial charge in [0.05, 0.1) is 35.8 Å². The monoisotopic (exact) mass is 430 g/mol. The van der Waals surface area contributed by atoms with Gasteiger partial charge in [0.25, 0.3) is 0 Å². The Morgan fingerprint density at radius 1 is 1.06 bits per heavy atom. The van der Waals surface area contributed by atoms with Crippen LogP contribution < -0.4 is 0 Å². The van der Waals surface area contributed by atoms with Crippen molar-refractivity contribution < 1.29 is 4.74 Å². The summed E-state index contributed by atoms with van der Waals surface area (Å²) in [6, 6.07) is 0.587. The normalized spacial score (nSPS) is 36.0. The van der Waals surface area contributed by atoms with E-state index in [1.807, 2.05) is 19.3 Å². The van der Waals surface area contributed by atoms with E-state index in [9.17, 15) is 0 Å². The summed E-state index contributed by atoms with van der Waals surface area (Å²) in [6.45, 7) is 6.54. The van der Waals surface area contributed by atoms with Crippen molar-refractivity contribution in [2.75, 3.05) is 0 Å². The molecule has 0 amide bonds. The fourth-order valence-electron chi connectivity index (χ4n) is 6.74. The number of ether oxygens (including phenoxy) is 1. The third-order valence-corrected chi connectivity index (χ3v) is 8.13. The topological polar surface area (TPSA) is 78.6 Å². The molecule has 3 aromatic rings. The predicted octanol–water partition coefficient (Wildman–Crippen LogP) is 4.73. The molecule has 3 aromatic heterocycles. The molecule has 0 N–H and O–H groups in total. The van der Waals surface area contributed by atoms with Crippen LogP contribution in [0, 0.1) is 12.3 Å². The lowest BCUT2D eigenvalue weighted by Gasteiger charge is -2.69. The van der Waals surface area contributed by atoms with E-state index in [0.29, 0.717) is 11.5 Å². The van der Waals surface area contributed by atoms with Crippen molar-refractivity contribution >= 4 is 11.2 Å². The van der Waals surface area contributed by atoms with Gasteiger partial charge in [0.15, 0.2) is 5.65 Å². The first-order chi connectivity index (χ1) is 15.4. The Balaban J connectivity index is 1.26. The van der Waals surface area contributed by atoms with Crippen molar-refractivity contribution in [1.82, 2.24) is 29.7 Å². The molecule has 0 radical (unpaired) electrons. The van der Waals surface area contributed by atoms with Crippen LogP contribution in [0.3, 0.4) is 0 Å². The molecule has 5 aliphatic rings. The van der Waals surface area contributed by atoms with Crippen LogP contribution in [0.5, 0.6) is 0 Å². The molecular formula is C25H30N6O. The molecule has 2 bridgehead atoms. The standard InChI is InChI=1S/C25H30N6O/c1-14-8-26-20-21(25-11-24(3,12-25)13-25)29-22(30-23(20)28-14)16-6-15(2)32-19(7-16)17-9-27-31(10-17)18-4-5-18/h8-10,15-16,18-19H,4-7,11-13H2,1-3H3/t15-,16-,19-,24?,25?/m0/s1. The largest absolute Gasteiger partial charge is 0.370 e. The maximum absolute atomic E-state index is 6.36. The molecule has 166 valence electrons. The summed E-state index contributed by atoms with van der Waals surface area (Å²) in [6.07, 6.45) is 14.2. The van der Waals surface area contributed by atoms with Crippen LogP contribution in [0.25, 0.3) is 11.2 Å². The number of aromatic nitrogens is 6. The summed E-state index contributed by atoms with van der Waals surface area (Å²) in [5, 5.41) is 4.59. The number of rotatable bonds is 4. The molecule has 4 saturated carbocycles. The van der Waals surface area contributed by atoms with E-state index in [1.165, 1.54) is 37.7 Å². The Bertz CT molecular complexity index is 1210. The molecule has 7 heteroatoms. The van der Waals surface area contributed by atoms with E-state index >= 15 is 0 Å². The zero-order valence-electron chi connectivity index (χ0n) is 19.1. The number of aryl methyl sites for hydroxylation is 1. The molecule has 5 fully saturated rings. The van der Waals surface area contributed by atoms with E-state index < -0.39 is 0 Å². The van der Waals surface area contributed by atoms with Crippen LogP contribution in [0.2, 0.25) is 0 Å². The minimum absolute atomic E-state index is 0.0384. The molecule has 0 spiro atoms. The SMILES string of the molecule is Cc1cnc2c(C34CC(C)(C3)C4)nc([C@@H]3C[C@@H](c4cnn(C5CC5)c4)O[C@@H](C)C3)nc2n1. The van der Waals surface area contributed by atoms with Crippen LogP contribution in [-0.2, 0) is 10.2 Å². The number of hydrogen-bond acceptors (Lipinski definition) is 6. The maximum atomic E-state index is 6.36. The Morgan fingerprint density at radius 2 is 1.88 bits per heavy atom. The van der Waals surface area contributed by atoms with E-state index in [0.717, 1.165) is 41.2 Å². The van der Waals surface area contributed by atoms with Gasteiger partial charge in [-0.1, -0.05) is 6.92 Å². The second-order valence-corrected chi connectivity index (χ2v) is 11.3. The smallest absolute Gasteiger partial charge is 0.182 e. The molecule has 1 saturated heterocycles. The molecule has 3 atom stereocenters. The average Bonchev–Trinajstić information content (AvgIpc) is 3.45. The highest BCUT2D eigenvalue weighted by molar-refractivity contribution is 5.75. The summed E-state index contributed by atoms with van der Waals surface area (Å²) in [4.78, 5) is 19.7. The van der Waals surface area contributed by atoms with Gasteiger partial charge in [-0.05, 0) is 64.2 Å². The van der Waals surface area contributed by atoms with Gasteiger partial charge >= 0.3 is 0 Å². The van der Waals surface area contributed by atoms with Gasteiger partial charge in [0, 0.05) is 29.3 Å². The lowest BCUT2D eigenvalue weighted by atomic mass is 9.35. The highest BCUT2D eigenvalue weighted by atomic mass is 16.5. The first-order valence-electron chi connectivity index (χ1n) is 12.1. The first-order valence-corrected chi connectivity index (χ1v) is 12.1. The lowest BCUT2D eigenvalue weighted by molar-refractivity contribution is -0.127. The molecular weight excluding hydrogens is 400 g/mol. The summed E-state index contributed by atoms with van der Waals surface area (Å²) in [7, 11) is 0. The Labute approximate surface area is 188 Å². The van der Waals surface area contributed by atoms with Crippen molar-refractivity contribution in [1.29, 1.82) is 0 Å². The predicted molar refractivity (Wildman–Crippen MR) is 119 cm³/mol. The molecule has 4 heterocycles. The molecule has 0 aromatic carbocycles. The Hall–Kier alpha value is -2.41. The Morgan fingerprint density at radius 3 is 2.62 bits per heavy atom. The number of nitrogens with zero attached hydrogens (tertiary/aromatic N) is 6. The number of hydrogen-bond donors (Lipinski definition) is 0. The lowest BCUT2D eigenvalue weighted by Crippen LogP contribution is -2.63. The summed E-state index contributed by atoms with van der Waals surface area (Å²) < 4.78 is 8.47. The van der Waals surface area contributed by atoms with E-state index in [1.54, 1.807) is 0 Å². The van der Waals surface area contributed by atoms with Crippen molar-refractivity contribution in [2.45, 2.75) is 95.3 Å². The van der Waals surface area contributed by atoms with E-state index in [-0.39, 0.29) is 23.5 Å². The fourth-order valence-corrected chi connectivity index (χ4v) is 6.74. The highest BCUT2D eigenvalue weighted by Crippen LogP contribution is 2.73. The van der Waals surface area contributed by atoms with Gasteiger partial charge in [-0.2, -0.15) is 5.10 Å². The minimum Gasteiger partial charge on any atom is -0.370 e. The molecule has 4 aliphatic carbocycles. The van der Waals surface area contributed by atoms with Gasteiger partial charge in [-0.15, -0.1) is 0 Å². The third kappa shape index (κ3) is 2.86. The summed E-state index contributed by atoms with van der Waals surface area (Å²) in [5.41, 5.74) is 5.60. The Kier molecular flexibility index (Phi) is 3.78. The van der Waals surface area contributed by atoms with Crippen molar-refractivity contribution in [3.8, 4) is 0 Å². The van der Waals surface area contributed by atoms with Crippen LogP contribution in [-0.4, -0.2) is 35.8 Å². The van der Waals surface area contributed by atoms with Gasteiger partial charge in [-0.25, -0.2) is 19.9 Å². The maximum Gasteiger partial charge on any atom is 0.182 e. The van der Waals surface area contributed by atoms with Crippen molar-refractivity contribution in [3.63, 3.8) is 0 Å². The van der Waals surface area contributed by atoms with Gasteiger partial charge in [0.2, 0.25) is 0 Å². The van der Waals surface area contributed by atoms with Crippen molar-refractivity contribution in [2.24, 2.45) is 5.41 Å². The second kappa shape index (κ2) is 6.34. The van der Waals surface area contributed by atoms with Crippen LogP contribution in [0.1, 0.15) is 99.6 Å². The zero-order chi connectivity index (χ0) is 21.7. The van der Waals surface area contributed by atoms with Gasteiger partial charge in [0.1, 0.15) is 11.3 Å². The summed E-state index contributed by atoms with van der Waals surface area (Å²) in [5.74, 6) is 1.18. The minimum atomic E-state index is 0.0384. The number of fused-ring (bicyclic) bond motifs is 1. The molecule has 32 heavy (non-hydrogen) atoms. The molecule has 7 nitrogen and oxygen atoms in total. The molecule has 8 rings (SSSR count). The molecule has 0 unspecified atom stereocenters. The quantitative estimate of drug-likeness (QED) is 0.596. The second-order valence-electron chi connectivity index (χ2n) is 11.3. The highest BCUT2D eigenvalue weighted by Gasteiger charge is 2.67. The van der Waals surface area contributed by atoms with Gasteiger partial charge in [-0.3, -0.25) is 4.68 Å². The first kappa shape index (κ1) is 19.1. The zero-order valence-corrected chi connectivity index (χ0v) is 19.1. The summed E-state index contributed by atoms with van der Waals surface area (Å²) >= 11 is 0. The van der Waals surface area contributed by atoms with Gasteiger partial charge < -0.3 is 4.74 Å². The van der Waals surface area contributed by atoms with Crippen LogP contribution >= 0.6 is 0 Å². The van der Waals surface area contributed by atoms with Crippen LogP contribution in [0.4, 0.5) is 0 Å². The molecule has 1 aliphatic heterocycles. The average molecular weight is 431 g/mol. The van der Waals surface area contributed by atoms with E-state index in [4.69, 9.17) is 24.7 Å². The fraction of sp³-hybridized carbons (Fsp3) is 0.640. The van der Waals surface area contributed by atoms with Crippen molar-refractivity contribution in [3.05, 3.63) is 41.4 Å².